The largest absolute Gasteiger partial charge is 0.463 e. The fourth-order valence-electron chi connectivity index (χ4n) is 3.77. The molecule has 0 spiro atoms. The summed E-state index contributed by atoms with van der Waals surface area (Å²) in [5, 5.41) is 3.62. The molecule has 3 atom stereocenters. The van der Waals surface area contributed by atoms with Crippen molar-refractivity contribution in [1.82, 2.24) is 5.32 Å². The number of hydrogen-bond donors (Lipinski definition) is 1. The monoisotopic (exact) mass is 281 g/mol. The lowest BCUT2D eigenvalue weighted by Gasteiger charge is -2.28. The van der Waals surface area contributed by atoms with Crippen molar-refractivity contribution in [3.8, 4) is 0 Å². The predicted octanol–water partition coefficient (Wildman–Crippen LogP) is 3.81. The van der Waals surface area contributed by atoms with Crippen molar-refractivity contribution >= 4 is 5.97 Å². The highest BCUT2D eigenvalue weighted by Crippen LogP contribution is 2.32. The van der Waals surface area contributed by atoms with Gasteiger partial charge in [-0.25, -0.2) is 0 Å². The number of carbonyl (C=O) groups excluding carboxylic acids is 1. The van der Waals surface area contributed by atoms with Gasteiger partial charge in [0.05, 0.1) is 6.10 Å². The van der Waals surface area contributed by atoms with E-state index in [0.29, 0.717) is 24.4 Å². The van der Waals surface area contributed by atoms with Gasteiger partial charge in [-0.05, 0) is 51.4 Å². The SMILES string of the molecule is CCCCCCC(C)OC(=O)CC1CC2CCC(C1)N2. The summed E-state index contributed by atoms with van der Waals surface area (Å²) in [7, 11) is 0. The first-order valence-electron chi connectivity index (χ1n) is 8.63. The molecule has 2 fully saturated rings. The lowest BCUT2D eigenvalue weighted by atomic mass is 9.90. The minimum Gasteiger partial charge on any atom is -0.463 e. The molecule has 116 valence electrons. The van der Waals surface area contributed by atoms with E-state index in [4.69, 9.17) is 4.74 Å². The van der Waals surface area contributed by atoms with Crippen LogP contribution in [0.25, 0.3) is 0 Å². The first-order valence-corrected chi connectivity index (χ1v) is 8.63. The van der Waals surface area contributed by atoms with Crippen LogP contribution in [0, 0.1) is 5.92 Å². The highest BCUT2D eigenvalue weighted by molar-refractivity contribution is 5.69. The van der Waals surface area contributed by atoms with Gasteiger partial charge in [0.25, 0.3) is 0 Å². The summed E-state index contributed by atoms with van der Waals surface area (Å²) in [5.74, 6) is 0.577. The van der Waals surface area contributed by atoms with Gasteiger partial charge in [0, 0.05) is 18.5 Å². The minimum atomic E-state index is 0.0271. The molecule has 0 saturated carbocycles. The fourth-order valence-corrected chi connectivity index (χ4v) is 3.77. The Morgan fingerprint density at radius 1 is 1.20 bits per heavy atom. The summed E-state index contributed by atoms with van der Waals surface area (Å²) in [6.07, 6.45) is 11.6. The Bertz CT molecular complexity index is 293. The number of carbonyl (C=O) groups is 1. The highest BCUT2D eigenvalue weighted by atomic mass is 16.5. The zero-order chi connectivity index (χ0) is 14.4. The van der Waals surface area contributed by atoms with E-state index in [1.54, 1.807) is 0 Å². The van der Waals surface area contributed by atoms with Crippen LogP contribution >= 0.6 is 0 Å². The van der Waals surface area contributed by atoms with Crippen molar-refractivity contribution < 1.29 is 9.53 Å². The standard InChI is InChI=1S/C17H31NO2/c1-3-4-5-6-7-13(2)20-17(19)12-14-10-15-8-9-16(11-14)18-15/h13-16,18H,3-12H2,1-2H3. The maximum Gasteiger partial charge on any atom is 0.306 e. The van der Waals surface area contributed by atoms with Gasteiger partial charge in [-0.3, -0.25) is 4.79 Å². The van der Waals surface area contributed by atoms with Crippen LogP contribution in [0.5, 0.6) is 0 Å². The zero-order valence-electron chi connectivity index (χ0n) is 13.2. The highest BCUT2D eigenvalue weighted by Gasteiger charge is 2.34. The number of piperidine rings is 1. The normalized spacial score (nSPS) is 30.2. The summed E-state index contributed by atoms with van der Waals surface area (Å²) >= 11 is 0. The maximum absolute atomic E-state index is 12.0. The Labute approximate surface area is 123 Å². The third-order valence-electron chi connectivity index (χ3n) is 4.82. The van der Waals surface area contributed by atoms with Gasteiger partial charge < -0.3 is 10.1 Å². The lowest BCUT2D eigenvalue weighted by Crippen LogP contribution is -2.38. The van der Waals surface area contributed by atoms with Crippen molar-refractivity contribution in [2.45, 2.75) is 96.2 Å². The summed E-state index contributed by atoms with van der Waals surface area (Å²) in [5.41, 5.74) is 0. The molecule has 0 aromatic heterocycles. The Balaban J connectivity index is 1.60. The maximum atomic E-state index is 12.0. The topological polar surface area (TPSA) is 38.3 Å². The van der Waals surface area contributed by atoms with Gasteiger partial charge in [0.2, 0.25) is 0 Å². The second-order valence-corrected chi connectivity index (χ2v) is 6.83. The Morgan fingerprint density at radius 3 is 2.55 bits per heavy atom. The van der Waals surface area contributed by atoms with E-state index in [9.17, 15) is 4.79 Å². The Kier molecular flexibility index (Phi) is 6.34. The van der Waals surface area contributed by atoms with Crippen molar-refractivity contribution in [2.75, 3.05) is 0 Å². The van der Waals surface area contributed by atoms with Crippen LogP contribution in [-0.4, -0.2) is 24.2 Å². The summed E-state index contributed by atoms with van der Waals surface area (Å²) in [6, 6.07) is 1.33. The molecule has 2 bridgehead atoms. The van der Waals surface area contributed by atoms with Gasteiger partial charge in [-0.2, -0.15) is 0 Å². The average molecular weight is 281 g/mol. The van der Waals surface area contributed by atoms with Crippen LogP contribution in [0.4, 0.5) is 0 Å². The number of hydrogen-bond acceptors (Lipinski definition) is 3. The first-order chi connectivity index (χ1) is 9.67. The van der Waals surface area contributed by atoms with Crippen LogP contribution < -0.4 is 5.32 Å². The number of unbranched alkanes of at least 4 members (excludes halogenated alkanes) is 3. The smallest absolute Gasteiger partial charge is 0.306 e. The predicted molar refractivity (Wildman–Crippen MR) is 81.6 cm³/mol. The molecule has 0 amide bonds. The van der Waals surface area contributed by atoms with Crippen molar-refractivity contribution in [3.05, 3.63) is 0 Å². The van der Waals surface area contributed by atoms with Gasteiger partial charge in [-0.1, -0.05) is 26.2 Å². The van der Waals surface area contributed by atoms with Crippen molar-refractivity contribution in [2.24, 2.45) is 5.92 Å². The van der Waals surface area contributed by atoms with E-state index >= 15 is 0 Å². The number of rotatable bonds is 8. The summed E-state index contributed by atoms with van der Waals surface area (Å²) < 4.78 is 5.56. The molecule has 2 heterocycles. The first kappa shape index (κ1) is 15.8. The molecular formula is C17H31NO2. The average Bonchev–Trinajstić information content (AvgIpc) is 2.74. The van der Waals surface area contributed by atoms with E-state index < -0.39 is 0 Å². The van der Waals surface area contributed by atoms with Crippen LogP contribution in [0.2, 0.25) is 0 Å². The number of ether oxygens (including phenoxy) is 1. The minimum absolute atomic E-state index is 0.0271. The van der Waals surface area contributed by atoms with E-state index in [1.165, 1.54) is 38.5 Å². The van der Waals surface area contributed by atoms with Crippen LogP contribution in [0.1, 0.15) is 78.1 Å². The van der Waals surface area contributed by atoms with Gasteiger partial charge in [0.15, 0.2) is 0 Å². The molecule has 0 aliphatic carbocycles. The third kappa shape index (κ3) is 5.08. The quantitative estimate of drug-likeness (QED) is 0.543. The Morgan fingerprint density at radius 2 is 1.90 bits per heavy atom. The molecule has 0 aromatic rings. The van der Waals surface area contributed by atoms with Gasteiger partial charge >= 0.3 is 5.97 Å². The molecule has 1 N–H and O–H groups in total. The van der Waals surface area contributed by atoms with Crippen LogP contribution in [0.15, 0.2) is 0 Å². The number of nitrogens with one attached hydrogen (secondary N) is 1. The molecule has 3 heteroatoms. The molecule has 20 heavy (non-hydrogen) atoms. The van der Waals surface area contributed by atoms with Crippen LogP contribution in [-0.2, 0) is 9.53 Å². The van der Waals surface area contributed by atoms with Crippen molar-refractivity contribution in [3.63, 3.8) is 0 Å². The molecule has 2 aliphatic rings. The second kappa shape index (κ2) is 8.02. The van der Waals surface area contributed by atoms with Crippen molar-refractivity contribution in [1.29, 1.82) is 0 Å². The van der Waals surface area contributed by atoms with E-state index in [1.807, 2.05) is 6.92 Å². The molecule has 2 aliphatic heterocycles. The molecule has 2 rings (SSSR count). The van der Waals surface area contributed by atoms with E-state index in [0.717, 1.165) is 19.3 Å². The zero-order valence-corrected chi connectivity index (χ0v) is 13.2. The molecule has 2 saturated heterocycles. The molecule has 0 radical (unpaired) electrons. The summed E-state index contributed by atoms with van der Waals surface area (Å²) in [6.45, 7) is 4.26. The number of fused-ring (bicyclic) bond motifs is 2. The van der Waals surface area contributed by atoms with Gasteiger partial charge in [-0.15, -0.1) is 0 Å². The molecule has 0 aromatic carbocycles. The molecule has 3 unspecified atom stereocenters. The lowest BCUT2D eigenvalue weighted by molar-refractivity contribution is -0.150. The van der Waals surface area contributed by atoms with Crippen LogP contribution in [0.3, 0.4) is 0 Å². The van der Waals surface area contributed by atoms with E-state index in [2.05, 4.69) is 12.2 Å². The van der Waals surface area contributed by atoms with Gasteiger partial charge in [0.1, 0.15) is 0 Å². The number of esters is 1. The van der Waals surface area contributed by atoms with E-state index in [-0.39, 0.29) is 12.1 Å². The fraction of sp³-hybridized carbons (Fsp3) is 0.941. The summed E-state index contributed by atoms with van der Waals surface area (Å²) in [4.78, 5) is 12.0. The second-order valence-electron chi connectivity index (χ2n) is 6.83. The Hall–Kier alpha value is -0.570. The molecule has 3 nitrogen and oxygen atoms in total. The molecular weight excluding hydrogens is 250 g/mol. The third-order valence-corrected chi connectivity index (χ3v) is 4.82.